The minimum atomic E-state index is -0.156. The van der Waals surface area contributed by atoms with E-state index >= 15 is 0 Å². The first kappa shape index (κ1) is 12.6. The SMILES string of the molecule is CC(C(=O)NN(C)C)c1ccc2ccccc2c1. The first-order valence-corrected chi connectivity index (χ1v) is 6.04. The van der Waals surface area contributed by atoms with Crippen molar-refractivity contribution in [2.45, 2.75) is 12.8 Å². The number of carbonyl (C=O) groups is 1. The number of carbonyl (C=O) groups excluding carboxylic acids is 1. The summed E-state index contributed by atoms with van der Waals surface area (Å²) in [5, 5.41) is 4.03. The van der Waals surface area contributed by atoms with Gasteiger partial charge in [-0.15, -0.1) is 0 Å². The highest BCUT2D eigenvalue weighted by atomic mass is 16.2. The van der Waals surface area contributed by atoms with Crippen LogP contribution in [0.1, 0.15) is 18.4 Å². The number of hydrogen-bond donors (Lipinski definition) is 1. The molecule has 1 unspecified atom stereocenters. The lowest BCUT2D eigenvalue weighted by molar-refractivity contribution is -0.125. The second kappa shape index (κ2) is 5.19. The molecule has 0 heterocycles. The van der Waals surface area contributed by atoms with Gasteiger partial charge in [0.2, 0.25) is 5.91 Å². The summed E-state index contributed by atoms with van der Waals surface area (Å²) in [7, 11) is 3.62. The van der Waals surface area contributed by atoms with E-state index < -0.39 is 0 Å². The molecule has 2 aromatic carbocycles. The Balaban J connectivity index is 2.27. The highest BCUT2D eigenvalue weighted by Gasteiger charge is 2.15. The molecule has 0 saturated carbocycles. The first-order valence-electron chi connectivity index (χ1n) is 6.04. The van der Waals surface area contributed by atoms with Crippen molar-refractivity contribution in [3.05, 3.63) is 48.0 Å². The fourth-order valence-electron chi connectivity index (χ4n) is 1.95. The van der Waals surface area contributed by atoms with Crippen LogP contribution in [-0.2, 0) is 4.79 Å². The van der Waals surface area contributed by atoms with Crippen LogP contribution in [0.2, 0.25) is 0 Å². The third kappa shape index (κ3) is 2.68. The highest BCUT2D eigenvalue weighted by Crippen LogP contribution is 2.21. The summed E-state index contributed by atoms with van der Waals surface area (Å²) in [6.07, 6.45) is 0. The summed E-state index contributed by atoms with van der Waals surface area (Å²) in [6, 6.07) is 14.3. The Kier molecular flexibility index (Phi) is 3.63. The second-order valence-electron chi connectivity index (χ2n) is 4.70. The number of rotatable bonds is 3. The molecule has 94 valence electrons. The van der Waals surface area contributed by atoms with Crippen LogP contribution in [0.15, 0.2) is 42.5 Å². The molecular weight excluding hydrogens is 224 g/mol. The predicted octanol–water partition coefficient (Wildman–Crippen LogP) is 2.54. The van der Waals surface area contributed by atoms with Gasteiger partial charge in [-0.25, -0.2) is 5.01 Å². The molecule has 0 aliphatic rings. The zero-order valence-corrected chi connectivity index (χ0v) is 11.0. The van der Waals surface area contributed by atoms with Gasteiger partial charge in [-0.05, 0) is 23.3 Å². The lowest BCUT2D eigenvalue weighted by atomic mass is 9.97. The lowest BCUT2D eigenvalue weighted by Gasteiger charge is -2.17. The maximum atomic E-state index is 11.9. The standard InChI is InChI=1S/C15H18N2O/c1-11(15(18)16-17(2)3)13-9-8-12-6-4-5-7-14(12)10-13/h4-11H,1-3H3,(H,16,18). The quantitative estimate of drug-likeness (QED) is 0.839. The van der Waals surface area contributed by atoms with E-state index in [0.29, 0.717) is 0 Å². The van der Waals surface area contributed by atoms with E-state index in [1.54, 1.807) is 5.01 Å². The number of nitrogens with one attached hydrogen (secondary N) is 1. The number of benzene rings is 2. The van der Waals surface area contributed by atoms with Gasteiger partial charge in [-0.3, -0.25) is 10.2 Å². The van der Waals surface area contributed by atoms with Crippen LogP contribution in [-0.4, -0.2) is 25.0 Å². The van der Waals surface area contributed by atoms with E-state index in [9.17, 15) is 4.79 Å². The van der Waals surface area contributed by atoms with Crippen LogP contribution in [0.5, 0.6) is 0 Å². The Morgan fingerprint density at radius 3 is 2.44 bits per heavy atom. The first-order chi connectivity index (χ1) is 8.58. The molecule has 0 saturated heterocycles. The van der Waals surface area contributed by atoms with Crippen molar-refractivity contribution in [1.82, 2.24) is 10.4 Å². The summed E-state index contributed by atoms with van der Waals surface area (Å²) in [6.45, 7) is 1.92. The van der Waals surface area contributed by atoms with E-state index in [-0.39, 0.29) is 11.8 Å². The molecule has 0 aliphatic carbocycles. The van der Waals surface area contributed by atoms with Gasteiger partial charge in [0.05, 0.1) is 5.92 Å². The molecule has 0 fully saturated rings. The molecular formula is C15H18N2O. The van der Waals surface area contributed by atoms with Crippen molar-refractivity contribution in [2.75, 3.05) is 14.1 Å². The molecule has 1 N–H and O–H groups in total. The van der Waals surface area contributed by atoms with Gasteiger partial charge < -0.3 is 0 Å². The van der Waals surface area contributed by atoms with Crippen LogP contribution in [0, 0.1) is 0 Å². The number of amides is 1. The molecule has 3 nitrogen and oxygen atoms in total. The van der Waals surface area contributed by atoms with Crippen molar-refractivity contribution < 1.29 is 4.79 Å². The normalized spacial score (nSPS) is 12.7. The summed E-state index contributed by atoms with van der Waals surface area (Å²) in [5.41, 5.74) is 3.82. The molecule has 0 spiro atoms. The van der Waals surface area contributed by atoms with Crippen molar-refractivity contribution in [3.63, 3.8) is 0 Å². The summed E-state index contributed by atoms with van der Waals surface area (Å²) in [5.74, 6) is -0.146. The average molecular weight is 242 g/mol. The maximum Gasteiger partial charge on any atom is 0.241 e. The Morgan fingerprint density at radius 1 is 1.11 bits per heavy atom. The minimum Gasteiger partial charge on any atom is -0.289 e. The van der Waals surface area contributed by atoms with Gasteiger partial charge >= 0.3 is 0 Å². The van der Waals surface area contributed by atoms with Crippen LogP contribution >= 0.6 is 0 Å². The maximum absolute atomic E-state index is 11.9. The van der Waals surface area contributed by atoms with Gasteiger partial charge in [-0.1, -0.05) is 42.5 Å². The molecule has 2 aromatic rings. The third-order valence-electron chi connectivity index (χ3n) is 3.00. The molecule has 1 amide bonds. The summed E-state index contributed by atoms with van der Waals surface area (Å²) in [4.78, 5) is 11.9. The number of nitrogens with zero attached hydrogens (tertiary/aromatic N) is 1. The third-order valence-corrected chi connectivity index (χ3v) is 3.00. The Labute approximate surface area is 107 Å². The minimum absolute atomic E-state index is 0.00952. The molecule has 18 heavy (non-hydrogen) atoms. The zero-order valence-electron chi connectivity index (χ0n) is 11.0. The topological polar surface area (TPSA) is 32.3 Å². The molecule has 1 atom stereocenters. The molecule has 0 bridgehead atoms. The summed E-state index contributed by atoms with van der Waals surface area (Å²) >= 11 is 0. The molecule has 0 radical (unpaired) electrons. The summed E-state index contributed by atoms with van der Waals surface area (Å²) < 4.78 is 0. The van der Waals surface area contributed by atoms with Crippen LogP contribution < -0.4 is 5.43 Å². The van der Waals surface area contributed by atoms with E-state index in [0.717, 1.165) is 5.56 Å². The van der Waals surface area contributed by atoms with E-state index in [2.05, 4.69) is 29.7 Å². The molecule has 0 aromatic heterocycles. The van der Waals surface area contributed by atoms with E-state index in [4.69, 9.17) is 0 Å². The fraction of sp³-hybridized carbons (Fsp3) is 0.267. The fourth-order valence-corrected chi connectivity index (χ4v) is 1.95. The lowest BCUT2D eigenvalue weighted by Crippen LogP contribution is -2.38. The Bertz CT molecular complexity index is 563. The Hall–Kier alpha value is -1.87. The predicted molar refractivity (Wildman–Crippen MR) is 74.2 cm³/mol. The molecule has 3 heteroatoms. The second-order valence-corrected chi connectivity index (χ2v) is 4.70. The van der Waals surface area contributed by atoms with Crippen molar-refractivity contribution in [1.29, 1.82) is 0 Å². The van der Waals surface area contributed by atoms with E-state index in [1.807, 2.05) is 39.2 Å². The van der Waals surface area contributed by atoms with E-state index in [1.165, 1.54) is 10.8 Å². The Morgan fingerprint density at radius 2 is 1.78 bits per heavy atom. The van der Waals surface area contributed by atoms with Gasteiger partial charge in [0.1, 0.15) is 0 Å². The van der Waals surface area contributed by atoms with Crippen LogP contribution in [0.3, 0.4) is 0 Å². The van der Waals surface area contributed by atoms with Gasteiger partial charge in [0.15, 0.2) is 0 Å². The van der Waals surface area contributed by atoms with Crippen molar-refractivity contribution in [2.24, 2.45) is 0 Å². The van der Waals surface area contributed by atoms with Crippen LogP contribution in [0.25, 0.3) is 10.8 Å². The largest absolute Gasteiger partial charge is 0.289 e. The smallest absolute Gasteiger partial charge is 0.241 e. The number of hydrazine groups is 1. The monoisotopic (exact) mass is 242 g/mol. The van der Waals surface area contributed by atoms with Gasteiger partial charge in [0, 0.05) is 14.1 Å². The highest BCUT2D eigenvalue weighted by molar-refractivity contribution is 5.87. The molecule has 0 aliphatic heterocycles. The van der Waals surface area contributed by atoms with Crippen molar-refractivity contribution in [3.8, 4) is 0 Å². The zero-order chi connectivity index (χ0) is 13.1. The van der Waals surface area contributed by atoms with Gasteiger partial charge in [-0.2, -0.15) is 0 Å². The number of hydrogen-bond acceptors (Lipinski definition) is 2. The van der Waals surface area contributed by atoms with Gasteiger partial charge in [0.25, 0.3) is 0 Å². The van der Waals surface area contributed by atoms with Crippen molar-refractivity contribution >= 4 is 16.7 Å². The molecule has 2 rings (SSSR count). The number of fused-ring (bicyclic) bond motifs is 1. The van der Waals surface area contributed by atoms with Crippen LogP contribution in [0.4, 0.5) is 0 Å². The average Bonchev–Trinajstić information content (AvgIpc) is 2.36.